The quantitative estimate of drug-likeness (QED) is 0.630. The number of benzene rings is 2. The van der Waals surface area contributed by atoms with Crippen molar-refractivity contribution >= 4 is 15.9 Å². The van der Waals surface area contributed by atoms with Crippen LogP contribution in [0.4, 0.5) is 0 Å². The highest BCUT2D eigenvalue weighted by Crippen LogP contribution is 2.32. The van der Waals surface area contributed by atoms with Gasteiger partial charge in [0.15, 0.2) is 0 Å². The van der Waals surface area contributed by atoms with Crippen LogP contribution in [0.25, 0.3) is 0 Å². The van der Waals surface area contributed by atoms with E-state index >= 15 is 0 Å². The normalized spacial score (nSPS) is 15.8. The standard InChI is InChI=1S/C22H22N2O5S/c1-15-8-9-17(30(26,27)23-14-16-5-4-11-28-16)13-19(15)22(25)24-20-10-12-29-21-7-3-2-6-18(20)21/h2-9,11,13,20,23H,10,12,14H2,1H3,(H,24,25). The van der Waals surface area contributed by atoms with E-state index in [0.717, 1.165) is 11.3 Å². The molecular weight excluding hydrogens is 404 g/mol. The molecule has 2 heterocycles. The predicted octanol–water partition coefficient (Wildman–Crippen LogP) is 3.32. The van der Waals surface area contributed by atoms with Crippen molar-refractivity contribution in [3.8, 4) is 5.75 Å². The Morgan fingerprint density at radius 1 is 1.13 bits per heavy atom. The first kappa shape index (κ1) is 20.2. The van der Waals surface area contributed by atoms with E-state index in [4.69, 9.17) is 9.15 Å². The second-order valence-corrected chi connectivity index (χ2v) is 8.85. The van der Waals surface area contributed by atoms with Crippen LogP contribution >= 0.6 is 0 Å². The lowest BCUT2D eigenvalue weighted by Gasteiger charge is -2.27. The van der Waals surface area contributed by atoms with Crippen LogP contribution in [0.5, 0.6) is 5.75 Å². The van der Waals surface area contributed by atoms with Gasteiger partial charge in [-0.15, -0.1) is 0 Å². The summed E-state index contributed by atoms with van der Waals surface area (Å²) in [5.41, 5.74) is 1.93. The molecule has 1 aliphatic heterocycles. The van der Waals surface area contributed by atoms with Gasteiger partial charge in [0.25, 0.3) is 5.91 Å². The molecule has 1 unspecified atom stereocenters. The summed E-state index contributed by atoms with van der Waals surface area (Å²) < 4.78 is 38.6. The molecule has 7 nitrogen and oxygen atoms in total. The molecule has 0 saturated carbocycles. The highest BCUT2D eigenvalue weighted by atomic mass is 32.2. The zero-order chi connectivity index (χ0) is 21.1. The molecule has 0 bridgehead atoms. The molecule has 2 aromatic carbocycles. The third kappa shape index (κ3) is 4.24. The maximum atomic E-state index is 13.0. The lowest BCUT2D eigenvalue weighted by atomic mass is 9.99. The van der Waals surface area contributed by atoms with Gasteiger partial charge in [-0.3, -0.25) is 4.79 Å². The Morgan fingerprint density at radius 3 is 2.77 bits per heavy atom. The minimum Gasteiger partial charge on any atom is -0.493 e. The van der Waals surface area contributed by atoms with Gasteiger partial charge in [-0.05, 0) is 42.8 Å². The van der Waals surface area contributed by atoms with Crippen LogP contribution in [0.15, 0.2) is 70.2 Å². The van der Waals surface area contributed by atoms with Gasteiger partial charge in [-0.1, -0.05) is 24.3 Å². The molecule has 2 N–H and O–H groups in total. The summed E-state index contributed by atoms with van der Waals surface area (Å²) >= 11 is 0. The summed E-state index contributed by atoms with van der Waals surface area (Å²) in [6.07, 6.45) is 2.12. The molecule has 1 atom stereocenters. The third-order valence-corrected chi connectivity index (χ3v) is 6.44. The fourth-order valence-corrected chi connectivity index (χ4v) is 4.42. The van der Waals surface area contributed by atoms with E-state index in [1.807, 2.05) is 24.3 Å². The fourth-order valence-electron chi connectivity index (χ4n) is 3.40. The van der Waals surface area contributed by atoms with Gasteiger partial charge in [0.1, 0.15) is 11.5 Å². The predicted molar refractivity (Wildman–Crippen MR) is 111 cm³/mol. The molecular formula is C22H22N2O5S. The number of ether oxygens (including phenoxy) is 1. The molecule has 0 fully saturated rings. The van der Waals surface area contributed by atoms with Crippen molar-refractivity contribution in [2.45, 2.75) is 30.8 Å². The molecule has 156 valence electrons. The Kier molecular flexibility index (Phi) is 5.61. The molecule has 0 spiro atoms. The largest absolute Gasteiger partial charge is 0.493 e. The summed E-state index contributed by atoms with van der Waals surface area (Å²) in [6.45, 7) is 2.31. The summed E-state index contributed by atoms with van der Waals surface area (Å²) in [5.74, 6) is 0.934. The Balaban J connectivity index is 1.54. The lowest BCUT2D eigenvalue weighted by Crippen LogP contribution is -2.32. The Bertz CT molecular complexity index is 1160. The van der Waals surface area contributed by atoms with Gasteiger partial charge in [0.05, 0.1) is 30.4 Å². The Labute approximate surface area is 175 Å². The highest BCUT2D eigenvalue weighted by molar-refractivity contribution is 7.89. The van der Waals surface area contributed by atoms with Crippen LogP contribution in [0, 0.1) is 6.92 Å². The second-order valence-electron chi connectivity index (χ2n) is 7.08. The van der Waals surface area contributed by atoms with Crippen LogP contribution < -0.4 is 14.8 Å². The number of carbonyl (C=O) groups is 1. The number of fused-ring (bicyclic) bond motifs is 1. The summed E-state index contributed by atoms with van der Waals surface area (Å²) in [4.78, 5) is 13.0. The van der Waals surface area contributed by atoms with Crippen molar-refractivity contribution in [1.29, 1.82) is 0 Å². The molecule has 0 saturated heterocycles. The first-order valence-corrected chi connectivity index (χ1v) is 11.1. The molecule has 4 rings (SSSR count). The molecule has 0 radical (unpaired) electrons. The number of furan rings is 1. The minimum absolute atomic E-state index is 0.0252. The van der Waals surface area contributed by atoms with E-state index in [1.165, 1.54) is 18.4 Å². The third-order valence-electron chi connectivity index (χ3n) is 5.04. The topological polar surface area (TPSA) is 97.6 Å². The van der Waals surface area contributed by atoms with Crippen LogP contribution in [-0.2, 0) is 16.6 Å². The number of rotatable bonds is 6. The SMILES string of the molecule is Cc1ccc(S(=O)(=O)NCc2ccco2)cc1C(=O)NC1CCOc2ccccc21. The highest BCUT2D eigenvalue weighted by Gasteiger charge is 2.25. The molecule has 0 aliphatic carbocycles. The van der Waals surface area contributed by atoms with Crippen LogP contribution in [-0.4, -0.2) is 20.9 Å². The van der Waals surface area contributed by atoms with Crippen LogP contribution in [0.3, 0.4) is 0 Å². The second kappa shape index (κ2) is 8.33. The average Bonchev–Trinajstić information content (AvgIpc) is 3.26. The van der Waals surface area contributed by atoms with Gasteiger partial charge in [-0.2, -0.15) is 0 Å². The number of carbonyl (C=O) groups excluding carboxylic acids is 1. The van der Waals surface area contributed by atoms with Crippen molar-refractivity contribution in [2.75, 3.05) is 6.61 Å². The molecule has 1 aromatic heterocycles. The first-order chi connectivity index (χ1) is 14.4. The Morgan fingerprint density at radius 2 is 1.97 bits per heavy atom. The molecule has 30 heavy (non-hydrogen) atoms. The number of aryl methyl sites for hydroxylation is 1. The number of para-hydroxylation sites is 1. The smallest absolute Gasteiger partial charge is 0.252 e. The summed E-state index contributed by atoms with van der Waals surface area (Å²) in [6, 6.07) is 15.3. The monoisotopic (exact) mass is 426 g/mol. The van der Waals surface area contributed by atoms with Gasteiger partial charge >= 0.3 is 0 Å². The van der Waals surface area contributed by atoms with Crippen LogP contribution in [0.1, 0.15) is 39.7 Å². The number of amides is 1. The van der Waals surface area contributed by atoms with Gasteiger partial charge in [0.2, 0.25) is 10.0 Å². The van der Waals surface area contributed by atoms with Crippen molar-refractivity contribution in [3.05, 3.63) is 83.3 Å². The molecule has 1 amide bonds. The van der Waals surface area contributed by atoms with E-state index in [1.54, 1.807) is 25.1 Å². The fraction of sp³-hybridized carbons (Fsp3) is 0.227. The van der Waals surface area contributed by atoms with Crippen molar-refractivity contribution in [2.24, 2.45) is 0 Å². The van der Waals surface area contributed by atoms with Crippen molar-refractivity contribution in [3.63, 3.8) is 0 Å². The summed E-state index contributed by atoms with van der Waals surface area (Å²) in [5, 5.41) is 3.02. The van der Waals surface area contributed by atoms with E-state index in [2.05, 4.69) is 10.0 Å². The summed E-state index contributed by atoms with van der Waals surface area (Å²) in [7, 11) is -3.80. The van der Waals surface area contributed by atoms with Gasteiger partial charge in [-0.25, -0.2) is 13.1 Å². The Hall–Kier alpha value is -3.10. The number of sulfonamides is 1. The number of hydrogen-bond acceptors (Lipinski definition) is 5. The maximum absolute atomic E-state index is 13.0. The average molecular weight is 426 g/mol. The maximum Gasteiger partial charge on any atom is 0.252 e. The minimum atomic E-state index is -3.80. The van der Waals surface area contributed by atoms with E-state index in [0.29, 0.717) is 29.9 Å². The number of hydrogen-bond donors (Lipinski definition) is 2. The molecule has 3 aromatic rings. The van der Waals surface area contributed by atoms with Crippen LogP contribution in [0.2, 0.25) is 0 Å². The van der Waals surface area contributed by atoms with Gasteiger partial charge < -0.3 is 14.5 Å². The van der Waals surface area contributed by atoms with Gasteiger partial charge in [0, 0.05) is 17.5 Å². The van der Waals surface area contributed by atoms with E-state index in [9.17, 15) is 13.2 Å². The molecule has 1 aliphatic rings. The zero-order valence-corrected chi connectivity index (χ0v) is 17.2. The zero-order valence-electron chi connectivity index (χ0n) is 16.4. The first-order valence-electron chi connectivity index (χ1n) is 9.59. The van der Waals surface area contributed by atoms with E-state index in [-0.39, 0.29) is 23.4 Å². The van der Waals surface area contributed by atoms with Crippen molar-refractivity contribution in [1.82, 2.24) is 10.0 Å². The molecule has 8 heteroatoms. The number of nitrogens with one attached hydrogen (secondary N) is 2. The lowest BCUT2D eigenvalue weighted by molar-refractivity contribution is 0.0924. The van der Waals surface area contributed by atoms with Crippen molar-refractivity contribution < 1.29 is 22.4 Å². The van der Waals surface area contributed by atoms with E-state index < -0.39 is 10.0 Å².